The van der Waals surface area contributed by atoms with Crippen LogP contribution in [0.25, 0.3) is 0 Å². The van der Waals surface area contributed by atoms with Crippen LogP contribution in [-0.4, -0.2) is 60.3 Å². The van der Waals surface area contributed by atoms with Gasteiger partial charge >= 0.3 is 18.3 Å². The monoisotopic (exact) mass is 914 g/mol. The summed E-state index contributed by atoms with van der Waals surface area (Å²) >= 11 is 0. The number of rotatable bonds is 17. The predicted molar refractivity (Wildman–Crippen MR) is 257 cm³/mol. The highest BCUT2D eigenvalue weighted by atomic mass is 16.6. The van der Waals surface area contributed by atoms with Gasteiger partial charge in [0.25, 0.3) is 0 Å². The minimum atomic E-state index is -0.961. The Kier molecular flexibility index (Phi) is 20.9. The van der Waals surface area contributed by atoms with Crippen LogP contribution in [0.1, 0.15) is 73.1 Å². The van der Waals surface area contributed by atoms with Crippen molar-refractivity contribution >= 4 is 36.1 Å². The normalized spacial score (nSPS) is 11.9. The van der Waals surface area contributed by atoms with Crippen LogP contribution in [0.4, 0.5) is 14.4 Å². The van der Waals surface area contributed by atoms with E-state index < -0.39 is 47.8 Å². The lowest BCUT2D eigenvalue weighted by atomic mass is 9.95. The topological polar surface area (TPSA) is 209 Å². The van der Waals surface area contributed by atoms with E-state index in [1.165, 1.54) is 5.56 Å². The number of alkyl carbamates (subject to hydrolysis) is 2. The van der Waals surface area contributed by atoms with E-state index in [2.05, 4.69) is 38.4 Å². The number of nitrogens with two attached hydrogens (primary N) is 1. The van der Waals surface area contributed by atoms with E-state index in [-0.39, 0.29) is 25.5 Å². The molecule has 0 fully saturated rings. The summed E-state index contributed by atoms with van der Waals surface area (Å²) in [5, 5.41) is 10.5. The maximum Gasteiger partial charge on any atom is 0.437 e. The number of aliphatic imine (C=N–C) groups is 1. The minimum absolute atomic E-state index is 0.0644. The zero-order valence-corrected chi connectivity index (χ0v) is 39.0. The first-order chi connectivity index (χ1) is 32.0. The zero-order chi connectivity index (χ0) is 48.6. The van der Waals surface area contributed by atoms with Gasteiger partial charge in [-0.1, -0.05) is 121 Å². The molecule has 0 saturated carbocycles. The van der Waals surface area contributed by atoms with E-state index in [0.29, 0.717) is 13.2 Å². The van der Waals surface area contributed by atoms with Gasteiger partial charge in [0.2, 0.25) is 17.8 Å². The largest absolute Gasteiger partial charge is 0.489 e. The van der Waals surface area contributed by atoms with Gasteiger partial charge in [-0.3, -0.25) is 14.9 Å². The van der Waals surface area contributed by atoms with Gasteiger partial charge in [0, 0.05) is 13.0 Å². The number of amides is 5. The molecule has 5 rings (SSSR count). The van der Waals surface area contributed by atoms with Crippen LogP contribution >= 0.6 is 0 Å². The molecule has 5 aromatic rings. The van der Waals surface area contributed by atoms with Crippen molar-refractivity contribution in [2.75, 3.05) is 6.54 Å². The lowest BCUT2D eigenvalue weighted by molar-refractivity contribution is -0.129. The number of ether oxygens (including phenoxy) is 4. The summed E-state index contributed by atoms with van der Waals surface area (Å²) < 4.78 is 21.3. The Balaban J connectivity index is 0.000000344. The van der Waals surface area contributed by atoms with Crippen molar-refractivity contribution < 1.29 is 42.9 Å². The number of carbonyl (C=O) groups excluding carboxylic acids is 5. The van der Waals surface area contributed by atoms with E-state index in [4.69, 9.17) is 24.7 Å². The molecule has 0 aliphatic heterocycles. The summed E-state index contributed by atoms with van der Waals surface area (Å²) in [6, 6.07) is 40.3. The molecule has 0 spiro atoms. The van der Waals surface area contributed by atoms with Gasteiger partial charge in [-0.15, -0.1) is 4.99 Å². The van der Waals surface area contributed by atoms with Crippen molar-refractivity contribution in [3.63, 3.8) is 0 Å². The lowest BCUT2D eigenvalue weighted by Gasteiger charge is -2.25. The molecular weight excluding hydrogens is 853 g/mol. The Bertz CT molecular complexity index is 2350. The number of benzene rings is 5. The summed E-state index contributed by atoms with van der Waals surface area (Å²) in [4.78, 5) is 65.3. The third-order valence-electron chi connectivity index (χ3n) is 9.73. The van der Waals surface area contributed by atoms with Crippen molar-refractivity contribution in [3.8, 4) is 5.75 Å². The standard InChI is InChI=1S/C35H45N3O5.C17H17N3O4/c1-24-20-29(42-23-28-16-11-8-12-17-28)21-25(2)30(24)22-31(38-34(41)43-35(4,5)6)33(40)37-26(3)32(39)36-19-13-18-27-14-9-7-10-15-27;18-15(19-16(21)23-11-13-7-3-1-4-8-13)20-17(22)24-12-14-9-5-2-6-10-14/h7-12,14-17,20-21,26,31H,13,18-19,22-23H2,1-6H3,(H,36,39)(H,37,40)(H,38,41);1-10H,11-12H2,(H3,18,19,20,21,22)/t26-,31+;/m1./s1. The van der Waals surface area contributed by atoms with Crippen LogP contribution in [0, 0.1) is 13.8 Å². The van der Waals surface area contributed by atoms with Crippen LogP contribution in [0.5, 0.6) is 5.75 Å². The second-order valence-corrected chi connectivity index (χ2v) is 16.5. The van der Waals surface area contributed by atoms with E-state index in [1.54, 1.807) is 39.8 Å². The minimum Gasteiger partial charge on any atom is -0.489 e. The maximum atomic E-state index is 13.4. The molecule has 0 aliphatic rings. The number of hydrogen-bond donors (Lipinski definition) is 5. The van der Waals surface area contributed by atoms with Gasteiger partial charge in [0.05, 0.1) is 0 Å². The van der Waals surface area contributed by atoms with Crippen molar-refractivity contribution in [3.05, 3.63) is 172 Å². The number of hydrogen-bond acceptors (Lipinski definition) is 9. The van der Waals surface area contributed by atoms with Crippen LogP contribution in [-0.2, 0) is 56.5 Å². The Hall–Kier alpha value is -7.68. The molecule has 354 valence electrons. The van der Waals surface area contributed by atoms with Crippen molar-refractivity contribution in [2.24, 2.45) is 10.7 Å². The molecule has 6 N–H and O–H groups in total. The lowest BCUT2D eigenvalue weighted by Crippen LogP contribution is -2.54. The Morgan fingerprint density at radius 2 is 1.13 bits per heavy atom. The van der Waals surface area contributed by atoms with Gasteiger partial charge in [0.1, 0.15) is 43.3 Å². The molecule has 2 atom stereocenters. The van der Waals surface area contributed by atoms with Gasteiger partial charge < -0.3 is 40.6 Å². The highest BCUT2D eigenvalue weighted by Gasteiger charge is 2.28. The number of nitrogens with zero attached hydrogens (tertiary/aromatic N) is 1. The molecule has 0 aromatic heterocycles. The molecular formula is C52H62N6O9. The molecule has 5 amide bonds. The maximum absolute atomic E-state index is 13.4. The van der Waals surface area contributed by atoms with Crippen LogP contribution in [0.3, 0.4) is 0 Å². The van der Waals surface area contributed by atoms with Crippen molar-refractivity contribution in [1.29, 1.82) is 0 Å². The first-order valence-corrected chi connectivity index (χ1v) is 22.0. The highest BCUT2D eigenvalue weighted by Crippen LogP contribution is 2.24. The molecule has 0 bridgehead atoms. The van der Waals surface area contributed by atoms with Crippen molar-refractivity contribution in [2.45, 2.75) is 98.3 Å². The quantitative estimate of drug-likeness (QED) is 0.0262. The molecule has 15 nitrogen and oxygen atoms in total. The average molecular weight is 915 g/mol. The second-order valence-electron chi connectivity index (χ2n) is 16.5. The summed E-state index contributed by atoms with van der Waals surface area (Å²) in [7, 11) is 0. The smallest absolute Gasteiger partial charge is 0.437 e. The van der Waals surface area contributed by atoms with E-state index in [9.17, 15) is 24.0 Å². The summed E-state index contributed by atoms with van der Waals surface area (Å²) in [6.45, 7) is 11.9. The number of guanidine groups is 1. The van der Waals surface area contributed by atoms with Gasteiger partial charge in [-0.2, -0.15) is 0 Å². The number of carbonyl (C=O) groups is 5. The van der Waals surface area contributed by atoms with E-state index in [0.717, 1.165) is 52.0 Å². The number of aryl methyl sites for hydroxylation is 3. The molecule has 0 unspecified atom stereocenters. The molecule has 0 heterocycles. The summed E-state index contributed by atoms with van der Waals surface area (Å²) in [5.74, 6) is -0.432. The fraction of sp³-hybridized carbons (Fsp3) is 0.308. The molecule has 67 heavy (non-hydrogen) atoms. The number of nitrogens with one attached hydrogen (secondary N) is 4. The van der Waals surface area contributed by atoms with Gasteiger partial charge in [-0.05, 0) is 105 Å². The summed E-state index contributed by atoms with van der Waals surface area (Å²) in [5.41, 5.74) is 11.4. The first-order valence-electron chi connectivity index (χ1n) is 22.0. The molecule has 0 radical (unpaired) electrons. The molecule has 15 heteroatoms. The second kappa shape index (κ2) is 27.0. The molecule has 0 aliphatic carbocycles. The van der Waals surface area contributed by atoms with Gasteiger partial charge in [-0.25, -0.2) is 14.4 Å². The average Bonchev–Trinajstić information content (AvgIpc) is 3.30. The van der Waals surface area contributed by atoms with Crippen LogP contribution < -0.4 is 31.7 Å². The SMILES string of the molecule is Cc1cc(OCc2ccccc2)cc(C)c1C[C@H](NC(=O)OC(C)(C)C)C(=O)N[C@H](C)C(=O)NCCCc1ccccc1.N/C(=N/C(=O)OCc1ccccc1)NC(=O)OCc1ccccc1. The molecule has 5 aromatic carbocycles. The van der Waals surface area contributed by atoms with E-state index in [1.807, 2.05) is 123 Å². The van der Waals surface area contributed by atoms with Crippen LogP contribution in [0.2, 0.25) is 0 Å². The van der Waals surface area contributed by atoms with Crippen LogP contribution in [0.15, 0.2) is 138 Å². The Morgan fingerprint density at radius 1 is 0.642 bits per heavy atom. The Morgan fingerprint density at radius 3 is 1.66 bits per heavy atom. The highest BCUT2D eigenvalue weighted by molar-refractivity contribution is 5.97. The summed E-state index contributed by atoms with van der Waals surface area (Å²) in [6.07, 6.45) is -0.575. The fourth-order valence-electron chi connectivity index (χ4n) is 6.39. The third-order valence-corrected chi connectivity index (χ3v) is 9.73. The predicted octanol–water partition coefficient (Wildman–Crippen LogP) is 8.14. The Labute approximate surface area is 392 Å². The fourth-order valence-corrected chi connectivity index (χ4v) is 6.39. The third kappa shape index (κ3) is 20.4. The first kappa shape index (κ1) is 51.9. The molecule has 0 saturated heterocycles. The van der Waals surface area contributed by atoms with Crippen molar-refractivity contribution in [1.82, 2.24) is 21.3 Å². The zero-order valence-electron chi connectivity index (χ0n) is 39.0. The van der Waals surface area contributed by atoms with Gasteiger partial charge in [0.15, 0.2) is 0 Å². The van der Waals surface area contributed by atoms with E-state index >= 15 is 0 Å².